The van der Waals surface area contributed by atoms with Crippen LogP contribution in [-0.4, -0.2) is 25.7 Å². The Morgan fingerprint density at radius 1 is 1.14 bits per heavy atom. The van der Waals surface area contributed by atoms with E-state index in [-0.39, 0.29) is 5.91 Å². The molecule has 0 bridgehead atoms. The zero-order valence-electron chi connectivity index (χ0n) is 16.0. The Hall–Kier alpha value is -2.64. The SMILES string of the molecule is Cc1cc(C)nc(Sc2ccc(NC(=O)/C=C/c3c(C)nn(C)c3Cl)cc2)n1. The standard InChI is InChI=1S/C20H20ClN5OS/c1-12-11-13(2)23-20(22-12)28-16-7-5-15(6-8-16)24-18(27)10-9-17-14(3)25-26(4)19(17)21/h5-11H,1-4H3,(H,24,27)/b10-9+. The highest BCUT2D eigenvalue weighted by molar-refractivity contribution is 7.99. The third-order valence-electron chi connectivity index (χ3n) is 3.89. The average Bonchev–Trinajstić information content (AvgIpc) is 2.86. The highest BCUT2D eigenvalue weighted by Gasteiger charge is 2.09. The summed E-state index contributed by atoms with van der Waals surface area (Å²) in [5.74, 6) is -0.239. The molecule has 3 aromatic rings. The number of aromatic nitrogens is 4. The Morgan fingerprint density at radius 2 is 1.79 bits per heavy atom. The Balaban J connectivity index is 1.63. The van der Waals surface area contributed by atoms with Gasteiger partial charge in [0.1, 0.15) is 5.15 Å². The number of hydrogen-bond acceptors (Lipinski definition) is 5. The number of carbonyl (C=O) groups excluding carboxylic acids is 1. The Kier molecular flexibility index (Phi) is 6.16. The summed E-state index contributed by atoms with van der Waals surface area (Å²) in [7, 11) is 1.76. The number of amides is 1. The van der Waals surface area contributed by atoms with Crippen LogP contribution in [0.4, 0.5) is 5.69 Å². The maximum atomic E-state index is 12.2. The van der Waals surface area contributed by atoms with Gasteiger partial charge in [-0.15, -0.1) is 0 Å². The minimum absolute atomic E-state index is 0.239. The number of rotatable bonds is 5. The van der Waals surface area contributed by atoms with Crippen molar-refractivity contribution >= 4 is 41.0 Å². The predicted octanol–water partition coefficient (Wildman–Crippen LogP) is 4.59. The van der Waals surface area contributed by atoms with E-state index in [1.807, 2.05) is 51.1 Å². The lowest BCUT2D eigenvalue weighted by Gasteiger charge is -2.05. The van der Waals surface area contributed by atoms with E-state index in [2.05, 4.69) is 20.4 Å². The highest BCUT2D eigenvalue weighted by Crippen LogP contribution is 2.26. The number of benzene rings is 1. The van der Waals surface area contributed by atoms with Crippen molar-refractivity contribution in [2.24, 2.45) is 7.05 Å². The van der Waals surface area contributed by atoms with Crippen LogP contribution in [0.3, 0.4) is 0 Å². The molecule has 3 rings (SSSR count). The van der Waals surface area contributed by atoms with Gasteiger partial charge in [0.25, 0.3) is 0 Å². The fraction of sp³-hybridized carbons (Fsp3) is 0.200. The van der Waals surface area contributed by atoms with Crippen molar-refractivity contribution in [2.45, 2.75) is 30.8 Å². The second-order valence-corrected chi connectivity index (χ2v) is 7.69. The third kappa shape index (κ3) is 4.99. The Bertz CT molecular complexity index is 1020. The van der Waals surface area contributed by atoms with Gasteiger partial charge >= 0.3 is 0 Å². The largest absolute Gasteiger partial charge is 0.323 e. The average molecular weight is 414 g/mol. The first-order valence-electron chi connectivity index (χ1n) is 8.60. The molecular formula is C20H20ClN5OS. The molecule has 0 aliphatic rings. The molecule has 0 saturated carbocycles. The monoisotopic (exact) mass is 413 g/mol. The van der Waals surface area contributed by atoms with Gasteiger partial charge in [0.15, 0.2) is 5.16 Å². The first-order chi connectivity index (χ1) is 13.3. The van der Waals surface area contributed by atoms with Gasteiger partial charge in [-0.1, -0.05) is 11.6 Å². The number of aryl methyl sites for hydroxylation is 4. The second kappa shape index (κ2) is 8.58. The van der Waals surface area contributed by atoms with Gasteiger partial charge in [-0.25, -0.2) is 9.97 Å². The number of halogens is 1. The number of anilines is 1. The summed E-state index contributed by atoms with van der Waals surface area (Å²) in [6.07, 6.45) is 3.11. The van der Waals surface area contributed by atoms with Crippen molar-refractivity contribution in [1.29, 1.82) is 0 Å². The topological polar surface area (TPSA) is 72.7 Å². The van der Waals surface area contributed by atoms with Crippen LogP contribution in [0, 0.1) is 20.8 Å². The Labute approximate surface area is 173 Å². The van der Waals surface area contributed by atoms with E-state index in [0.29, 0.717) is 16.0 Å². The van der Waals surface area contributed by atoms with Crippen molar-refractivity contribution in [3.8, 4) is 0 Å². The molecule has 1 N–H and O–H groups in total. The molecule has 0 unspecified atom stereocenters. The van der Waals surface area contributed by atoms with Crippen LogP contribution in [0.1, 0.15) is 22.6 Å². The molecule has 0 aliphatic carbocycles. The van der Waals surface area contributed by atoms with Crippen LogP contribution in [0.5, 0.6) is 0 Å². The molecule has 0 fully saturated rings. The molecule has 8 heteroatoms. The van der Waals surface area contributed by atoms with Crippen molar-refractivity contribution in [3.63, 3.8) is 0 Å². The van der Waals surface area contributed by atoms with Crippen LogP contribution < -0.4 is 5.32 Å². The molecule has 2 aromatic heterocycles. The van der Waals surface area contributed by atoms with E-state index in [4.69, 9.17) is 11.6 Å². The number of carbonyl (C=O) groups is 1. The van der Waals surface area contributed by atoms with E-state index < -0.39 is 0 Å². The summed E-state index contributed by atoms with van der Waals surface area (Å²) in [6.45, 7) is 5.75. The quantitative estimate of drug-likeness (QED) is 0.489. The molecule has 6 nitrogen and oxygen atoms in total. The van der Waals surface area contributed by atoms with Gasteiger partial charge in [0, 0.05) is 40.7 Å². The van der Waals surface area contributed by atoms with E-state index in [1.54, 1.807) is 17.8 Å². The molecule has 144 valence electrons. The van der Waals surface area contributed by atoms with Gasteiger partial charge in [0.2, 0.25) is 5.91 Å². The summed E-state index contributed by atoms with van der Waals surface area (Å²) in [4.78, 5) is 22.0. The van der Waals surface area contributed by atoms with Gasteiger partial charge in [-0.2, -0.15) is 5.10 Å². The normalized spacial score (nSPS) is 11.2. The number of nitrogens with zero attached hydrogens (tertiary/aromatic N) is 4. The molecule has 0 radical (unpaired) electrons. The van der Waals surface area contributed by atoms with Crippen molar-refractivity contribution in [2.75, 3.05) is 5.32 Å². The maximum absolute atomic E-state index is 12.2. The minimum Gasteiger partial charge on any atom is -0.323 e. The van der Waals surface area contributed by atoms with Crippen LogP contribution in [0.15, 0.2) is 46.5 Å². The molecule has 28 heavy (non-hydrogen) atoms. The minimum atomic E-state index is -0.239. The van der Waals surface area contributed by atoms with Gasteiger partial charge in [-0.05, 0) is 68.9 Å². The second-order valence-electron chi connectivity index (χ2n) is 6.30. The Morgan fingerprint density at radius 3 is 2.36 bits per heavy atom. The summed E-state index contributed by atoms with van der Waals surface area (Å²) in [5, 5.41) is 8.25. The first-order valence-corrected chi connectivity index (χ1v) is 9.79. The zero-order chi connectivity index (χ0) is 20.3. The van der Waals surface area contributed by atoms with E-state index in [0.717, 1.165) is 27.5 Å². The molecule has 0 atom stereocenters. The molecule has 1 aromatic carbocycles. The van der Waals surface area contributed by atoms with Crippen LogP contribution >= 0.6 is 23.4 Å². The van der Waals surface area contributed by atoms with Crippen molar-refractivity contribution in [1.82, 2.24) is 19.7 Å². The lowest BCUT2D eigenvalue weighted by Crippen LogP contribution is -2.07. The lowest BCUT2D eigenvalue weighted by molar-refractivity contribution is -0.111. The smallest absolute Gasteiger partial charge is 0.248 e. The molecule has 2 heterocycles. The zero-order valence-corrected chi connectivity index (χ0v) is 17.6. The predicted molar refractivity (Wildman–Crippen MR) is 113 cm³/mol. The summed E-state index contributed by atoms with van der Waals surface area (Å²) < 4.78 is 1.57. The van der Waals surface area contributed by atoms with E-state index >= 15 is 0 Å². The van der Waals surface area contributed by atoms with Crippen molar-refractivity contribution < 1.29 is 4.79 Å². The van der Waals surface area contributed by atoms with E-state index in [1.165, 1.54) is 17.8 Å². The van der Waals surface area contributed by atoms with E-state index in [9.17, 15) is 4.79 Å². The third-order valence-corrected chi connectivity index (χ3v) is 5.21. The molecule has 0 saturated heterocycles. The van der Waals surface area contributed by atoms with Gasteiger partial charge < -0.3 is 5.32 Å². The molecule has 1 amide bonds. The number of hydrogen-bond donors (Lipinski definition) is 1. The maximum Gasteiger partial charge on any atom is 0.248 e. The van der Waals surface area contributed by atoms with Crippen molar-refractivity contribution in [3.05, 3.63) is 64.2 Å². The molecule has 0 aliphatic heterocycles. The van der Waals surface area contributed by atoms with Gasteiger partial charge in [0.05, 0.1) is 5.69 Å². The molecule has 0 spiro atoms. The fourth-order valence-corrected chi connectivity index (χ4v) is 3.73. The summed E-state index contributed by atoms with van der Waals surface area (Å²) in [6, 6.07) is 9.48. The van der Waals surface area contributed by atoms with Crippen LogP contribution in [0.2, 0.25) is 5.15 Å². The number of nitrogens with one attached hydrogen (secondary N) is 1. The lowest BCUT2D eigenvalue weighted by atomic mass is 10.2. The summed E-state index contributed by atoms with van der Waals surface area (Å²) in [5.41, 5.74) is 4.09. The first kappa shape index (κ1) is 20.1. The molecular weight excluding hydrogens is 394 g/mol. The highest BCUT2D eigenvalue weighted by atomic mass is 35.5. The fourth-order valence-electron chi connectivity index (χ4n) is 2.63. The van der Waals surface area contributed by atoms with Crippen LogP contribution in [0.25, 0.3) is 6.08 Å². The summed E-state index contributed by atoms with van der Waals surface area (Å²) >= 11 is 7.65. The van der Waals surface area contributed by atoms with Crippen LogP contribution in [-0.2, 0) is 11.8 Å². The van der Waals surface area contributed by atoms with Gasteiger partial charge in [-0.3, -0.25) is 9.48 Å².